The minimum Gasteiger partial charge on any atom is -0.383 e. The summed E-state index contributed by atoms with van der Waals surface area (Å²) < 4.78 is 5.07. The van der Waals surface area contributed by atoms with Crippen LogP contribution >= 0.6 is 24.0 Å². The van der Waals surface area contributed by atoms with Crippen LogP contribution in [0.25, 0.3) is 0 Å². The Bertz CT molecular complexity index is 748. The molecule has 1 aromatic heterocycles. The predicted octanol–water partition coefficient (Wildman–Crippen LogP) is 3.05. The van der Waals surface area contributed by atoms with E-state index in [2.05, 4.69) is 62.7 Å². The van der Waals surface area contributed by atoms with Gasteiger partial charge in [-0.1, -0.05) is 18.2 Å². The second-order valence-corrected chi connectivity index (χ2v) is 6.95. The van der Waals surface area contributed by atoms with Crippen LogP contribution in [0, 0.1) is 0 Å². The van der Waals surface area contributed by atoms with Gasteiger partial charge < -0.3 is 25.2 Å². The highest BCUT2D eigenvalue weighted by Gasteiger charge is 2.20. The third-order valence-corrected chi connectivity index (χ3v) is 4.89. The molecule has 2 heterocycles. The zero-order valence-corrected chi connectivity index (χ0v) is 20.2. The SMILES string of the molecule is CCNC(=NCc1ccc(NCCOC)cc1)N1CCN(c2ccccn2)CC1.I. The number of aliphatic imine (C=N–C) groups is 1. The number of hydrogen-bond acceptors (Lipinski definition) is 5. The Morgan fingerprint density at radius 3 is 2.50 bits per heavy atom. The van der Waals surface area contributed by atoms with E-state index in [1.54, 1.807) is 7.11 Å². The van der Waals surface area contributed by atoms with Crippen LogP contribution in [0.3, 0.4) is 0 Å². The number of halogens is 1. The first kappa shape index (κ1) is 24.2. The van der Waals surface area contributed by atoms with Gasteiger partial charge in [-0.05, 0) is 36.8 Å². The molecule has 0 radical (unpaired) electrons. The van der Waals surface area contributed by atoms with Crippen molar-refractivity contribution < 1.29 is 4.74 Å². The number of aromatic nitrogens is 1. The zero-order chi connectivity index (χ0) is 20.3. The van der Waals surface area contributed by atoms with Crippen LogP contribution < -0.4 is 15.5 Å². The number of hydrogen-bond donors (Lipinski definition) is 2. The molecule has 164 valence electrons. The maximum Gasteiger partial charge on any atom is 0.194 e. The molecular weight excluding hydrogens is 491 g/mol. The number of pyridine rings is 1. The van der Waals surface area contributed by atoms with Crippen LogP contribution in [0.4, 0.5) is 11.5 Å². The van der Waals surface area contributed by atoms with Gasteiger partial charge in [0.05, 0.1) is 13.2 Å². The molecule has 1 fully saturated rings. The van der Waals surface area contributed by atoms with E-state index in [9.17, 15) is 0 Å². The zero-order valence-electron chi connectivity index (χ0n) is 17.9. The maximum atomic E-state index is 5.07. The molecule has 7 nitrogen and oxygen atoms in total. The van der Waals surface area contributed by atoms with Gasteiger partial charge in [0, 0.05) is 58.3 Å². The number of ether oxygens (including phenoxy) is 1. The minimum absolute atomic E-state index is 0. The molecule has 0 atom stereocenters. The van der Waals surface area contributed by atoms with Crippen molar-refractivity contribution in [1.82, 2.24) is 15.2 Å². The summed E-state index contributed by atoms with van der Waals surface area (Å²) in [6, 6.07) is 14.5. The van der Waals surface area contributed by atoms with Crippen molar-refractivity contribution in [2.45, 2.75) is 13.5 Å². The molecule has 0 spiro atoms. The fourth-order valence-electron chi connectivity index (χ4n) is 3.31. The molecule has 0 saturated carbocycles. The van der Waals surface area contributed by atoms with Crippen molar-refractivity contribution >= 4 is 41.4 Å². The first-order valence-corrected chi connectivity index (χ1v) is 10.3. The molecule has 30 heavy (non-hydrogen) atoms. The molecule has 1 aromatic carbocycles. The Morgan fingerprint density at radius 2 is 1.87 bits per heavy atom. The van der Waals surface area contributed by atoms with E-state index >= 15 is 0 Å². The third-order valence-electron chi connectivity index (χ3n) is 4.89. The first-order chi connectivity index (χ1) is 14.3. The lowest BCUT2D eigenvalue weighted by atomic mass is 10.2. The van der Waals surface area contributed by atoms with Crippen molar-refractivity contribution in [3.63, 3.8) is 0 Å². The Balaban J connectivity index is 0.00000320. The molecule has 8 heteroatoms. The van der Waals surface area contributed by atoms with E-state index in [0.29, 0.717) is 13.2 Å². The summed E-state index contributed by atoms with van der Waals surface area (Å²) in [4.78, 5) is 14.0. The number of benzene rings is 1. The quantitative estimate of drug-likeness (QED) is 0.240. The number of guanidine groups is 1. The Kier molecular flexibility index (Phi) is 10.7. The molecule has 1 aliphatic heterocycles. The van der Waals surface area contributed by atoms with Gasteiger partial charge in [0.2, 0.25) is 0 Å². The molecule has 2 N–H and O–H groups in total. The Hall–Kier alpha value is -2.07. The molecule has 0 bridgehead atoms. The molecule has 2 aromatic rings. The number of methoxy groups -OCH3 is 1. The number of rotatable bonds is 8. The highest BCUT2D eigenvalue weighted by Crippen LogP contribution is 2.13. The molecule has 0 aliphatic carbocycles. The Labute approximate surface area is 196 Å². The summed E-state index contributed by atoms with van der Waals surface area (Å²) in [5.74, 6) is 2.03. The van der Waals surface area contributed by atoms with E-state index in [1.165, 1.54) is 5.56 Å². The van der Waals surface area contributed by atoms with Crippen molar-refractivity contribution in [1.29, 1.82) is 0 Å². The average Bonchev–Trinajstić information content (AvgIpc) is 2.78. The Morgan fingerprint density at radius 1 is 1.10 bits per heavy atom. The lowest BCUT2D eigenvalue weighted by Gasteiger charge is -2.37. The minimum atomic E-state index is 0. The largest absolute Gasteiger partial charge is 0.383 e. The highest BCUT2D eigenvalue weighted by molar-refractivity contribution is 14.0. The second-order valence-electron chi connectivity index (χ2n) is 6.95. The van der Waals surface area contributed by atoms with Gasteiger partial charge in [0.15, 0.2) is 5.96 Å². The van der Waals surface area contributed by atoms with Crippen molar-refractivity contribution in [3.05, 3.63) is 54.2 Å². The molecular formula is C22H33IN6O. The van der Waals surface area contributed by atoms with Crippen LogP contribution in [0.15, 0.2) is 53.7 Å². The first-order valence-electron chi connectivity index (χ1n) is 10.3. The van der Waals surface area contributed by atoms with Gasteiger partial charge in [-0.25, -0.2) is 9.98 Å². The van der Waals surface area contributed by atoms with Crippen LogP contribution in [0.1, 0.15) is 12.5 Å². The van der Waals surface area contributed by atoms with Crippen LogP contribution in [-0.2, 0) is 11.3 Å². The molecule has 0 unspecified atom stereocenters. The van der Waals surface area contributed by atoms with Gasteiger partial charge in [0.25, 0.3) is 0 Å². The summed E-state index contributed by atoms with van der Waals surface area (Å²) in [5.41, 5.74) is 2.30. The van der Waals surface area contributed by atoms with Crippen LogP contribution in [-0.4, -0.2) is 68.8 Å². The molecule has 1 saturated heterocycles. The van der Waals surface area contributed by atoms with E-state index in [0.717, 1.165) is 56.7 Å². The molecule has 1 aliphatic rings. The summed E-state index contributed by atoms with van der Waals surface area (Å²) in [6.07, 6.45) is 1.85. The number of nitrogens with zero attached hydrogens (tertiary/aromatic N) is 4. The smallest absolute Gasteiger partial charge is 0.194 e. The third kappa shape index (κ3) is 7.32. The maximum absolute atomic E-state index is 5.07. The fraction of sp³-hybridized carbons (Fsp3) is 0.455. The van der Waals surface area contributed by atoms with Gasteiger partial charge in [-0.3, -0.25) is 0 Å². The van der Waals surface area contributed by atoms with E-state index < -0.39 is 0 Å². The van der Waals surface area contributed by atoms with Crippen molar-refractivity contribution in [3.8, 4) is 0 Å². The fourth-order valence-corrected chi connectivity index (χ4v) is 3.31. The van der Waals surface area contributed by atoms with Crippen LogP contribution in [0.2, 0.25) is 0 Å². The van der Waals surface area contributed by atoms with E-state index in [1.807, 2.05) is 18.3 Å². The lowest BCUT2D eigenvalue weighted by Crippen LogP contribution is -2.52. The molecule has 0 amide bonds. The predicted molar refractivity (Wildman–Crippen MR) is 135 cm³/mol. The normalized spacial score (nSPS) is 14.3. The number of nitrogens with one attached hydrogen (secondary N) is 2. The summed E-state index contributed by atoms with van der Waals surface area (Å²) in [5, 5.41) is 6.77. The van der Waals surface area contributed by atoms with Gasteiger partial charge in [0.1, 0.15) is 5.82 Å². The standard InChI is InChI=1S/C22H32N6O.HI/c1-3-23-22(26-18-19-7-9-20(10-8-19)24-12-17-29-2)28-15-13-27(14-16-28)21-6-4-5-11-25-21;/h4-11,24H,3,12-18H2,1-2H3,(H,23,26);1H. The van der Waals surface area contributed by atoms with Crippen molar-refractivity contribution in [2.24, 2.45) is 4.99 Å². The highest BCUT2D eigenvalue weighted by atomic mass is 127. The number of piperazine rings is 1. The van der Waals surface area contributed by atoms with Crippen LogP contribution in [0.5, 0.6) is 0 Å². The van der Waals surface area contributed by atoms with E-state index in [4.69, 9.17) is 9.73 Å². The average molecular weight is 524 g/mol. The monoisotopic (exact) mass is 524 g/mol. The summed E-state index contributed by atoms with van der Waals surface area (Å²) in [7, 11) is 1.71. The van der Waals surface area contributed by atoms with Gasteiger partial charge in [-0.15, -0.1) is 24.0 Å². The van der Waals surface area contributed by atoms with E-state index in [-0.39, 0.29) is 24.0 Å². The topological polar surface area (TPSA) is 65.0 Å². The molecule has 3 rings (SSSR count). The van der Waals surface area contributed by atoms with Gasteiger partial charge in [-0.2, -0.15) is 0 Å². The lowest BCUT2D eigenvalue weighted by molar-refractivity contribution is 0.211. The second kappa shape index (κ2) is 13.3. The number of anilines is 2. The summed E-state index contributed by atoms with van der Waals surface area (Å²) in [6.45, 7) is 8.92. The van der Waals surface area contributed by atoms with Crippen molar-refractivity contribution in [2.75, 3.05) is 63.2 Å². The van der Waals surface area contributed by atoms with Gasteiger partial charge >= 0.3 is 0 Å². The summed E-state index contributed by atoms with van der Waals surface area (Å²) >= 11 is 0.